The van der Waals surface area contributed by atoms with E-state index < -0.39 is 0 Å². The van der Waals surface area contributed by atoms with Gasteiger partial charge in [-0.1, -0.05) is 23.7 Å². The first kappa shape index (κ1) is 18.2. The summed E-state index contributed by atoms with van der Waals surface area (Å²) in [5.74, 6) is 0.644. The lowest BCUT2D eigenvalue weighted by molar-refractivity contribution is -0.117. The molecule has 1 heterocycles. The average molecular weight is 332 g/mol. The van der Waals surface area contributed by atoms with E-state index in [9.17, 15) is 4.79 Å². The summed E-state index contributed by atoms with van der Waals surface area (Å²) in [5, 5.41) is 6.67. The van der Waals surface area contributed by atoms with Crippen LogP contribution in [0.2, 0.25) is 5.02 Å². The highest BCUT2D eigenvalue weighted by atomic mass is 35.5. The van der Waals surface area contributed by atoms with E-state index in [0.29, 0.717) is 23.2 Å². The molecule has 2 rings (SSSR count). The zero-order valence-electron chi connectivity index (χ0n) is 12.3. The van der Waals surface area contributed by atoms with Gasteiger partial charge in [-0.3, -0.25) is 9.69 Å². The average Bonchev–Trinajstić information content (AvgIpc) is 2.42. The Hall–Kier alpha value is -0.810. The molecule has 1 unspecified atom stereocenters. The summed E-state index contributed by atoms with van der Waals surface area (Å²) in [6, 6.07) is 7.32. The third kappa shape index (κ3) is 5.83. The second-order valence-corrected chi connectivity index (χ2v) is 5.74. The Morgan fingerprint density at radius 2 is 2.19 bits per heavy atom. The fourth-order valence-electron chi connectivity index (χ4n) is 2.71. The van der Waals surface area contributed by atoms with Crippen molar-refractivity contribution in [3.05, 3.63) is 29.3 Å². The van der Waals surface area contributed by atoms with E-state index in [1.165, 1.54) is 6.42 Å². The van der Waals surface area contributed by atoms with Crippen LogP contribution in [0.3, 0.4) is 0 Å². The number of para-hydroxylation sites is 1. The number of hydrogen-bond donors (Lipinski definition) is 2. The highest BCUT2D eigenvalue weighted by Gasteiger charge is 2.21. The maximum absolute atomic E-state index is 12.1. The second-order valence-electron chi connectivity index (χ2n) is 5.33. The molecule has 1 aliphatic rings. The number of halogens is 2. The van der Waals surface area contributed by atoms with E-state index in [4.69, 9.17) is 11.6 Å². The van der Waals surface area contributed by atoms with Gasteiger partial charge < -0.3 is 10.6 Å². The molecular weight excluding hydrogens is 309 g/mol. The third-order valence-electron chi connectivity index (χ3n) is 3.61. The van der Waals surface area contributed by atoms with E-state index >= 15 is 0 Å². The normalized spacial score (nSPS) is 18.9. The minimum atomic E-state index is 0. The number of carbonyl (C=O) groups is 1. The van der Waals surface area contributed by atoms with Crippen LogP contribution in [-0.4, -0.2) is 44.0 Å². The number of benzene rings is 1. The highest BCUT2D eigenvalue weighted by Crippen LogP contribution is 2.21. The molecule has 1 atom stereocenters. The minimum absolute atomic E-state index is 0. The number of hydrogen-bond acceptors (Lipinski definition) is 3. The Kier molecular flexibility index (Phi) is 8.04. The first-order chi connectivity index (χ1) is 9.69. The number of piperidine rings is 1. The van der Waals surface area contributed by atoms with Gasteiger partial charge in [0.1, 0.15) is 0 Å². The summed E-state index contributed by atoms with van der Waals surface area (Å²) < 4.78 is 0. The van der Waals surface area contributed by atoms with Crippen LogP contribution in [0.4, 0.5) is 5.69 Å². The van der Waals surface area contributed by atoms with Crippen molar-refractivity contribution in [2.24, 2.45) is 5.92 Å². The standard InChI is InChI=1S/C15H22ClN3O.ClH/c1-17-9-12-5-4-8-19(10-12)11-15(20)18-14-7-3-2-6-13(14)16;/h2-3,6-7,12,17H,4-5,8-11H2,1H3,(H,18,20);1H. The largest absolute Gasteiger partial charge is 0.324 e. The number of rotatable bonds is 5. The van der Waals surface area contributed by atoms with E-state index in [0.717, 1.165) is 26.1 Å². The van der Waals surface area contributed by atoms with Crippen LogP contribution in [-0.2, 0) is 4.79 Å². The molecule has 1 aromatic rings. The number of nitrogens with one attached hydrogen (secondary N) is 2. The smallest absolute Gasteiger partial charge is 0.238 e. The SMILES string of the molecule is CNCC1CCCN(CC(=O)Nc2ccccc2Cl)C1.Cl. The lowest BCUT2D eigenvalue weighted by Crippen LogP contribution is -2.42. The molecule has 21 heavy (non-hydrogen) atoms. The molecule has 1 aromatic carbocycles. The summed E-state index contributed by atoms with van der Waals surface area (Å²) in [6.45, 7) is 3.43. The van der Waals surface area contributed by atoms with Crippen LogP contribution in [0.1, 0.15) is 12.8 Å². The van der Waals surface area contributed by atoms with Gasteiger partial charge in [0.2, 0.25) is 5.91 Å². The van der Waals surface area contributed by atoms with E-state index in [2.05, 4.69) is 15.5 Å². The molecule has 4 nitrogen and oxygen atoms in total. The van der Waals surface area contributed by atoms with Crippen molar-refractivity contribution in [1.29, 1.82) is 0 Å². The molecule has 1 fully saturated rings. The molecule has 0 spiro atoms. The molecule has 0 aromatic heterocycles. The molecule has 1 saturated heterocycles. The van der Waals surface area contributed by atoms with Gasteiger partial charge in [-0.05, 0) is 51.0 Å². The predicted molar refractivity (Wildman–Crippen MR) is 90.4 cm³/mol. The Bertz CT molecular complexity index is 454. The molecule has 0 bridgehead atoms. The Morgan fingerprint density at radius 3 is 2.90 bits per heavy atom. The Labute approximate surface area is 137 Å². The fourth-order valence-corrected chi connectivity index (χ4v) is 2.89. The van der Waals surface area contributed by atoms with E-state index in [-0.39, 0.29) is 18.3 Å². The zero-order chi connectivity index (χ0) is 14.4. The van der Waals surface area contributed by atoms with Gasteiger partial charge in [-0.2, -0.15) is 0 Å². The second kappa shape index (κ2) is 9.26. The molecule has 6 heteroatoms. The molecule has 0 aliphatic carbocycles. The van der Waals surface area contributed by atoms with Crippen LogP contribution >= 0.6 is 24.0 Å². The first-order valence-electron chi connectivity index (χ1n) is 7.10. The molecule has 118 valence electrons. The molecule has 1 amide bonds. The van der Waals surface area contributed by atoms with Crippen LogP contribution in [0.25, 0.3) is 0 Å². The van der Waals surface area contributed by atoms with Crippen LogP contribution in [0, 0.1) is 5.92 Å². The Balaban J connectivity index is 0.00000220. The summed E-state index contributed by atoms with van der Waals surface area (Å²) in [6.07, 6.45) is 2.40. The first-order valence-corrected chi connectivity index (χ1v) is 7.48. The van der Waals surface area contributed by atoms with Crippen molar-refractivity contribution < 1.29 is 4.79 Å². The van der Waals surface area contributed by atoms with Crippen molar-refractivity contribution in [2.45, 2.75) is 12.8 Å². The number of carbonyl (C=O) groups excluding carboxylic acids is 1. The predicted octanol–water partition coefficient (Wildman–Crippen LogP) is 2.63. The van der Waals surface area contributed by atoms with Gasteiger partial charge in [0, 0.05) is 6.54 Å². The molecular formula is C15H23Cl2N3O. The summed E-state index contributed by atoms with van der Waals surface area (Å²) in [4.78, 5) is 14.3. The minimum Gasteiger partial charge on any atom is -0.324 e. The quantitative estimate of drug-likeness (QED) is 0.871. The van der Waals surface area contributed by atoms with Gasteiger partial charge in [0.05, 0.1) is 17.3 Å². The monoisotopic (exact) mass is 331 g/mol. The number of likely N-dealkylation sites (tertiary alicyclic amines) is 1. The summed E-state index contributed by atoms with van der Waals surface area (Å²) in [5.41, 5.74) is 0.683. The third-order valence-corrected chi connectivity index (χ3v) is 3.94. The van der Waals surface area contributed by atoms with E-state index in [1.807, 2.05) is 25.2 Å². The lowest BCUT2D eigenvalue weighted by Gasteiger charge is -2.32. The lowest BCUT2D eigenvalue weighted by atomic mass is 9.98. The van der Waals surface area contributed by atoms with Crippen molar-refractivity contribution in [1.82, 2.24) is 10.2 Å². The number of amides is 1. The van der Waals surface area contributed by atoms with Crippen molar-refractivity contribution >= 4 is 35.6 Å². The molecule has 0 saturated carbocycles. The Morgan fingerprint density at radius 1 is 1.43 bits per heavy atom. The highest BCUT2D eigenvalue weighted by molar-refractivity contribution is 6.33. The summed E-state index contributed by atoms with van der Waals surface area (Å²) in [7, 11) is 1.98. The van der Waals surface area contributed by atoms with Gasteiger partial charge in [-0.25, -0.2) is 0 Å². The van der Waals surface area contributed by atoms with Crippen molar-refractivity contribution in [3.8, 4) is 0 Å². The van der Waals surface area contributed by atoms with Crippen LogP contribution in [0.15, 0.2) is 24.3 Å². The molecule has 0 radical (unpaired) electrons. The molecule has 2 N–H and O–H groups in total. The fraction of sp³-hybridized carbons (Fsp3) is 0.533. The molecule has 1 aliphatic heterocycles. The zero-order valence-corrected chi connectivity index (χ0v) is 13.8. The van der Waals surface area contributed by atoms with E-state index in [1.54, 1.807) is 6.07 Å². The van der Waals surface area contributed by atoms with Gasteiger partial charge in [-0.15, -0.1) is 12.4 Å². The summed E-state index contributed by atoms with van der Waals surface area (Å²) >= 11 is 6.04. The maximum Gasteiger partial charge on any atom is 0.238 e. The van der Waals surface area contributed by atoms with Crippen LogP contribution < -0.4 is 10.6 Å². The van der Waals surface area contributed by atoms with Gasteiger partial charge >= 0.3 is 0 Å². The van der Waals surface area contributed by atoms with Crippen molar-refractivity contribution in [2.75, 3.05) is 38.5 Å². The maximum atomic E-state index is 12.1. The number of anilines is 1. The van der Waals surface area contributed by atoms with Crippen molar-refractivity contribution in [3.63, 3.8) is 0 Å². The van der Waals surface area contributed by atoms with Crippen LogP contribution in [0.5, 0.6) is 0 Å². The topological polar surface area (TPSA) is 44.4 Å². The van der Waals surface area contributed by atoms with Gasteiger partial charge in [0.25, 0.3) is 0 Å². The number of nitrogens with zero attached hydrogens (tertiary/aromatic N) is 1. The van der Waals surface area contributed by atoms with Gasteiger partial charge in [0.15, 0.2) is 0 Å².